The van der Waals surface area contributed by atoms with Crippen LogP contribution in [0.2, 0.25) is 5.02 Å². The third-order valence-electron chi connectivity index (χ3n) is 5.18. The lowest BCUT2D eigenvalue weighted by Crippen LogP contribution is -2.43. The molecule has 0 aliphatic carbocycles. The third-order valence-corrected chi connectivity index (χ3v) is 7.36. The predicted molar refractivity (Wildman–Crippen MR) is 118 cm³/mol. The molecule has 0 unspecified atom stereocenters. The molecule has 0 bridgehead atoms. The van der Waals surface area contributed by atoms with Crippen LogP contribution in [0.25, 0.3) is 0 Å². The Bertz CT molecular complexity index is 1040. The van der Waals surface area contributed by atoms with Crippen LogP contribution in [-0.2, 0) is 14.8 Å². The van der Waals surface area contributed by atoms with Gasteiger partial charge in [-0.15, -0.1) is 0 Å². The van der Waals surface area contributed by atoms with Gasteiger partial charge in [0, 0.05) is 25.2 Å². The standard InChI is InChI=1S/C21H25ClN2O6S/c1-28-15-6-8-16(9-7-15)31(26,27)24-10-4-5-14(13-24)21(25)23-18-12-19(29-2)17(22)11-20(18)30-3/h6-9,11-12,14H,4-5,10,13H2,1-3H3,(H,23,25)/t14-/m0/s1. The lowest BCUT2D eigenvalue weighted by Gasteiger charge is -2.31. The molecule has 1 aliphatic heterocycles. The number of rotatable bonds is 7. The van der Waals surface area contributed by atoms with Crippen molar-refractivity contribution in [1.82, 2.24) is 4.31 Å². The Hall–Kier alpha value is -2.49. The Labute approximate surface area is 187 Å². The molecule has 1 aliphatic rings. The van der Waals surface area contributed by atoms with Gasteiger partial charge < -0.3 is 19.5 Å². The summed E-state index contributed by atoms with van der Waals surface area (Å²) in [6, 6.07) is 9.33. The molecule has 1 saturated heterocycles. The lowest BCUT2D eigenvalue weighted by molar-refractivity contribution is -0.120. The van der Waals surface area contributed by atoms with E-state index in [0.29, 0.717) is 47.3 Å². The van der Waals surface area contributed by atoms with Crippen molar-refractivity contribution in [3.63, 3.8) is 0 Å². The number of anilines is 1. The molecular weight excluding hydrogens is 444 g/mol. The first-order valence-electron chi connectivity index (χ1n) is 9.66. The van der Waals surface area contributed by atoms with Crippen molar-refractivity contribution in [2.75, 3.05) is 39.7 Å². The summed E-state index contributed by atoms with van der Waals surface area (Å²) in [6.45, 7) is 0.448. The average Bonchev–Trinajstić information content (AvgIpc) is 2.79. The lowest BCUT2D eigenvalue weighted by atomic mass is 9.98. The van der Waals surface area contributed by atoms with Gasteiger partial charge in [0.05, 0.1) is 42.9 Å². The maximum atomic E-state index is 13.0. The number of carbonyl (C=O) groups is 1. The second-order valence-electron chi connectivity index (χ2n) is 7.05. The van der Waals surface area contributed by atoms with E-state index in [0.717, 1.165) is 0 Å². The molecule has 0 radical (unpaired) electrons. The minimum Gasteiger partial charge on any atom is -0.497 e. The largest absolute Gasteiger partial charge is 0.497 e. The Morgan fingerprint density at radius 1 is 1.06 bits per heavy atom. The number of benzene rings is 2. The number of piperidine rings is 1. The van der Waals surface area contributed by atoms with Crippen LogP contribution in [0.15, 0.2) is 41.3 Å². The molecule has 168 valence electrons. The molecule has 1 atom stereocenters. The molecule has 1 N–H and O–H groups in total. The predicted octanol–water partition coefficient (Wildman–Crippen LogP) is 3.41. The Kier molecular flexibility index (Phi) is 7.30. The van der Waals surface area contributed by atoms with Crippen molar-refractivity contribution in [2.45, 2.75) is 17.7 Å². The molecule has 1 amide bonds. The fourth-order valence-corrected chi connectivity index (χ4v) is 5.22. The summed E-state index contributed by atoms with van der Waals surface area (Å²) in [5.74, 6) is 0.551. The number of methoxy groups -OCH3 is 3. The molecule has 0 saturated carbocycles. The summed E-state index contributed by atoms with van der Waals surface area (Å²) in [4.78, 5) is 13.1. The van der Waals surface area contributed by atoms with Crippen molar-refractivity contribution >= 4 is 33.2 Å². The number of hydrogen-bond donors (Lipinski definition) is 1. The number of amides is 1. The normalized spacial score (nSPS) is 17.1. The summed E-state index contributed by atoms with van der Waals surface area (Å²) in [5.41, 5.74) is 0.406. The third kappa shape index (κ3) is 5.06. The van der Waals surface area contributed by atoms with E-state index in [1.807, 2.05) is 0 Å². The van der Waals surface area contributed by atoms with Crippen molar-refractivity contribution < 1.29 is 27.4 Å². The number of nitrogens with one attached hydrogen (secondary N) is 1. The number of halogens is 1. The Morgan fingerprint density at radius 2 is 1.74 bits per heavy atom. The second-order valence-corrected chi connectivity index (χ2v) is 9.40. The van der Waals surface area contributed by atoms with E-state index in [1.54, 1.807) is 24.3 Å². The first kappa shape index (κ1) is 23.2. The van der Waals surface area contributed by atoms with Crippen LogP contribution in [0.1, 0.15) is 12.8 Å². The van der Waals surface area contributed by atoms with Crippen LogP contribution >= 0.6 is 11.6 Å². The number of sulfonamides is 1. The van der Waals surface area contributed by atoms with Crippen molar-refractivity contribution in [2.24, 2.45) is 5.92 Å². The minimum absolute atomic E-state index is 0.0905. The van der Waals surface area contributed by atoms with Gasteiger partial charge in [-0.05, 0) is 37.1 Å². The van der Waals surface area contributed by atoms with Crippen LogP contribution in [0.5, 0.6) is 17.2 Å². The zero-order valence-corrected chi connectivity index (χ0v) is 19.1. The van der Waals surface area contributed by atoms with Crippen LogP contribution in [0, 0.1) is 5.92 Å². The molecule has 3 rings (SSSR count). The van der Waals surface area contributed by atoms with Crippen LogP contribution < -0.4 is 19.5 Å². The second kappa shape index (κ2) is 9.76. The molecule has 2 aromatic carbocycles. The SMILES string of the molecule is COc1ccc(S(=O)(=O)N2CCC[C@H](C(=O)Nc3cc(OC)c(Cl)cc3OC)C2)cc1. The summed E-state index contributed by atoms with van der Waals surface area (Å²) < 4.78 is 43.0. The minimum atomic E-state index is -3.72. The highest BCUT2D eigenvalue weighted by atomic mass is 35.5. The highest BCUT2D eigenvalue weighted by Gasteiger charge is 2.33. The number of nitrogens with zero attached hydrogens (tertiary/aromatic N) is 1. The molecular formula is C21H25ClN2O6S. The molecule has 1 fully saturated rings. The van der Waals surface area contributed by atoms with Gasteiger partial charge in [-0.3, -0.25) is 4.79 Å². The molecule has 0 spiro atoms. The summed E-state index contributed by atoms with van der Waals surface area (Å²) >= 11 is 6.11. The Morgan fingerprint density at radius 3 is 2.35 bits per heavy atom. The van der Waals surface area contributed by atoms with E-state index in [-0.39, 0.29) is 17.3 Å². The highest BCUT2D eigenvalue weighted by Crippen LogP contribution is 2.36. The van der Waals surface area contributed by atoms with E-state index in [2.05, 4.69) is 5.32 Å². The zero-order valence-electron chi connectivity index (χ0n) is 17.6. The van der Waals surface area contributed by atoms with Gasteiger partial charge in [-0.1, -0.05) is 11.6 Å². The van der Waals surface area contributed by atoms with Crippen LogP contribution in [0.4, 0.5) is 5.69 Å². The fraction of sp³-hybridized carbons (Fsp3) is 0.381. The van der Waals surface area contributed by atoms with Gasteiger partial charge in [-0.2, -0.15) is 4.31 Å². The maximum Gasteiger partial charge on any atom is 0.243 e. The first-order valence-corrected chi connectivity index (χ1v) is 11.5. The summed E-state index contributed by atoms with van der Waals surface area (Å²) in [6.07, 6.45) is 1.15. The van der Waals surface area contributed by atoms with E-state index in [1.165, 1.54) is 37.8 Å². The molecule has 0 aromatic heterocycles. The number of carbonyl (C=O) groups excluding carboxylic acids is 1. The van der Waals surface area contributed by atoms with Crippen LogP contribution in [-0.4, -0.2) is 53.0 Å². The zero-order chi connectivity index (χ0) is 22.6. The number of hydrogen-bond acceptors (Lipinski definition) is 6. The average molecular weight is 469 g/mol. The van der Waals surface area contributed by atoms with Crippen molar-refractivity contribution in [3.8, 4) is 17.2 Å². The van der Waals surface area contributed by atoms with Crippen molar-refractivity contribution in [1.29, 1.82) is 0 Å². The Balaban J connectivity index is 1.76. The van der Waals surface area contributed by atoms with Gasteiger partial charge in [0.15, 0.2) is 0 Å². The summed E-state index contributed by atoms with van der Waals surface area (Å²) in [5, 5.41) is 3.17. The van der Waals surface area contributed by atoms with E-state index in [9.17, 15) is 13.2 Å². The number of ether oxygens (including phenoxy) is 3. The molecule has 2 aromatic rings. The van der Waals surface area contributed by atoms with E-state index < -0.39 is 15.9 Å². The van der Waals surface area contributed by atoms with Gasteiger partial charge in [0.2, 0.25) is 15.9 Å². The van der Waals surface area contributed by atoms with E-state index >= 15 is 0 Å². The fourth-order valence-electron chi connectivity index (χ4n) is 3.46. The smallest absolute Gasteiger partial charge is 0.243 e. The molecule has 31 heavy (non-hydrogen) atoms. The van der Waals surface area contributed by atoms with Crippen LogP contribution in [0.3, 0.4) is 0 Å². The van der Waals surface area contributed by atoms with Gasteiger partial charge in [0.1, 0.15) is 17.2 Å². The quantitative estimate of drug-likeness (QED) is 0.669. The molecule has 8 nitrogen and oxygen atoms in total. The molecule has 1 heterocycles. The van der Waals surface area contributed by atoms with Gasteiger partial charge in [0.25, 0.3) is 0 Å². The first-order chi connectivity index (χ1) is 14.8. The highest BCUT2D eigenvalue weighted by molar-refractivity contribution is 7.89. The van der Waals surface area contributed by atoms with E-state index in [4.69, 9.17) is 25.8 Å². The van der Waals surface area contributed by atoms with Crippen molar-refractivity contribution in [3.05, 3.63) is 41.4 Å². The van der Waals surface area contributed by atoms with Gasteiger partial charge in [-0.25, -0.2) is 8.42 Å². The summed E-state index contributed by atoms with van der Waals surface area (Å²) in [7, 11) is 0.741. The van der Waals surface area contributed by atoms with Gasteiger partial charge >= 0.3 is 0 Å². The topological polar surface area (TPSA) is 94.2 Å². The molecule has 10 heteroatoms. The maximum absolute atomic E-state index is 13.0. The monoisotopic (exact) mass is 468 g/mol.